The molecule has 0 fully saturated rings. The maximum Gasteiger partial charge on any atom is 0.0517 e. The van der Waals surface area contributed by atoms with Crippen molar-refractivity contribution in [2.24, 2.45) is 5.73 Å². The van der Waals surface area contributed by atoms with Crippen LogP contribution in [0.4, 0.5) is 0 Å². The highest BCUT2D eigenvalue weighted by Crippen LogP contribution is 2.35. The standard InChI is InChI=1S/C17H21ClN2S/c1-2-15(19)17(13-5-3-4-6-14(13)18)20-9-7-16-12(11-20)8-10-21-16/h3-6,8,10,15,17H,2,7,9,11,19H2,1H3. The van der Waals surface area contributed by atoms with E-state index < -0.39 is 0 Å². The third-order valence-corrected chi connectivity index (χ3v) is 5.70. The van der Waals surface area contributed by atoms with E-state index in [0.29, 0.717) is 0 Å². The highest BCUT2D eigenvalue weighted by atomic mass is 35.5. The van der Waals surface area contributed by atoms with E-state index in [0.717, 1.165) is 36.5 Å². The maximum absolute atomic E-state index is 6.45. The fraction of sp³-hybridized carbons (Fsp3) is 0.412. The summed E-state index contributed by atoms with van der Waals surface area (Å²) in [5, 5.41) is 3.01. The van der Waals surface area contributed by atoms with Crippen molar-refractivity contribution in [3.05, 3.63) is 56.7 Å². The Bertz CT molecular complexity index is 610. The van der Waals surface area contributed by atoms with Gasteiger partial charge < -0.3 is 5.73 Å². The van der Waals surface area contributed by atoms with Crippen molar-refractivity contribution in [2.45, 2.75) is 38.4 Å². The summed E-state index contributed by atoms with van der Waals surface area (Å²) in [6.45, 7) is 4.17. The molecule has 0 aliphatic carbocycles. The minimum absolute atomic E-state index is 0.102. The Morgan fingerprint density at radius 1 is 1.33 bits per heavy atom. The van der Waals surface area contributed by atoms with Crippen LogP contribution in [0, 0.1) is 0 Å². The van der Waals surface area contributed by atoms with Crippen LogP contribution < -0.4 is 5.73 Å². The smallest absolute Gasteiger partial charge is 0.0517 e. The van der Waals surface area contributed by atoms with Gasteiger partial charge in [0.25, 0.3) is 0 Å². The molecule has 4 heteroatoms. The lowest BCUT2D eigenvalue weighted by atomic mass is 9.94. The Hall–Kier alpha value is -0.870. The highest BCUT2D eigenvalue weighted by molar-refractivity contribution is 7.10. The molecule has 0 saturated heterocycles. The van der Waals surface area contributed by atoms with E-state index in [1.165, 1.54) is 10.4 Å². The van der Waals surface area contributed by atoms with Crippen LogP contribution in [0.5, 0.6) is 0 Å². The summed E-state index contributed by atoms with van der Waals surface area (Å²) in [6.07, 6.45) is 2.06. The van der Waals surface area contributed by atoms with E-state index in [1.54, 1.807) is 0 Å². The summed E-state index contributed by atoms with van der Waals surface area (Å²) in [7, 11) is 0. The maximum atomic E-state index is 6.45. The van der Waals surface area contributed by atoms with Gasteiger partial charge in [-0.15, -0.1) is 11.3 Å². The predicted molar refractivity (Wildman–Crippen MR) is 90.9 cm³/mol. The third kappa shape index (κ3) is 3.02. The monoisotopic (exact) mass is 320 g/mol. The van der Waals surface area contributed by atoms with Crippen LogP contribution >= 0.6 is 22.9 Å². The topological polar surface area (TPSA) is 29.3 Å². The van der Waals surface area contributed by atoms with Crippen LogP contribution in [0.15, 0.2) is 35.7 Å². The number of hydrogen-bond donors (Lipinski definition) is 1. The lowest BCUT2D eigenvalue weighted by molar-refractivity contribution is 0.154. The van der Waals surface area contributed by atoms with Crippen molar-refractivity contribution in [1.29, 1.82) is 0 Å². The average molecular weight is 321 g/mol. The van der Waals surface area contributed by atoms with Crippen molar-refractivity contribution in [3.63, 3.8) is 0 Å². The molecule has 3 rings (SSSR count). The first-order chi connectivity index (χ1) is 10.2. The summed E-state index contributed by atoms with van der Waals surface area (Å²) in [6, 6.07) is 10.6. The molecule has 2 N–H and O–H groups in total. The van der Waals surface area contributed by atoms with Gasteiger partial charge in [-0.3, -0.25) is 4.90 Å². The Morgan fingerprint density at radius 3 is 2.90 bits per heavy atom. The van der Waals surface area contributed by atoms with Crippen LogP contribution in [0.3, 0.4) is 0 Å². The molecule has 2 unspecified atom stereocenters. The minimum atomic E-state index is 0.102. The van der Waals surface area contributed by atoms with Crippen LogP contribution in [0.2, 0.25) is 5.02 Å². The second kappa shape index (κ2) is 6.49. The predicted octanol–water partition coefficient (Wildman–Crippen LogP) is 4.24. The van der Waals surface area contributed by atoms with E-state index >= 15 is 0 Å². The molecular formula is C17H21ClN2S. The van der Waals surface area contributed by atoms with Gasteiger partial charge in [-0.25, -0.2) is 0 Å². The van der Waals surface area contributed by atoms with Crippen molar-refractivity contribution in [2.75, 3.05) is 6.54 Å². The number of nitrogens with zero attached hydrogens (tertiary/aromatic N) is 1. The van der Waals surface area contributed by atoms with Crippen molar-refractivity contribution < 1.29 is 0 Å². The molecule has 1 aliphatic rings. The third-order valence-electron chi connectivity index (χ3n) is 4.33. The summed E-state index contributed by atoms with van der Waals surface area (Å²) in [4.78, 5) is 4.01. The average Bonchev–Trinajstić information content (AvgIpc) is 2.97. The zero-order valence-corrected chi connectivity index (χ0v) is 13.8. The molecule has 2 nitrogen and oxygen atoms in total. The fourth-order valence-corrected chi connectivity index (χ4v) is 4.28. The molecule has 0 bridgehead atoms. The molecule has 0 spiro atoms. The molecule has 21 heavy (non-hydrogen) atoms. The van der Waals surface area contributed by atoms with E-state index in [2.05, 4.69) is 35.4 Å². The lowest BCUT2D eigenvalue weighted by Gasteiger charge is -2.38. The van der Waals surface area contributed by atoms with Crippen LogP contribution in [-0.4, -0.2) is 17.5 Å². The van der Waals surface area contributed by atoms with Crippen molar-refractivity contribution >= 4 is 22.9 Å². The molecule has 1 aliphatic heterocycles. The Kier molecular flexibility index (Phi) is 4.65. The van der Waals surface area contributed by atoms with Crippen LogP contribution in [-0.2, 0) is 13.0 Å². The molecule has 0 saturated carbocycles. The van der Waals surface area contributed by atoms with E-state index in [1.807, 2.05) is 23.5 Å². The molecule has 1 aromatic heterocycles. The SMILES string of the molecule is CCC(N)C(c1ccccc1Cl)N1CCc2sccc2C1. The van der Waals surface area contributed by atoms with Gasteiger partial charge in [0.15, 0.2) is 0 Å². The van der Waals surface area contributed by atoms with Crippen molar-refractivity contribution in [3.8, 4) is 0 Å². The zero-order valence-electron chi connectivity index (χ0n) is 12.3. The Morgan fingerprint density at radius 2 is 2.14 bits per heavy atom. The fourth-order valence-electron chi connectivity index (χ4n) is 3.14. The number of fused-ring (bicyclic) bond motifs is 1. The summed E-state index contributed by atoms with van der Waals surface area (Å²) in [5.41, 5.74) is 9.06. The minimum Gasteiger partial charge on any atom is -0.326 e. The Balaban J connectivity index is 1.92. The summed E-state index contributed by atoms with van der Waals surface area (Å²) in [5.74, 6) is 0. The van der Waals surface area contributed by atoms with E-state index in [4.69, 9.17) is 17.3 Å². The molecule has 2 heterocycles. The molecule has 112 valence electrons. The first-order valence-electron chi connectivity index (χ1n) is 7.50. The summed E-state index contributed by atoms with van der Waals surface area (Å²) < 4.78 is 0. The molecule has 2 aromatic rings. The van der Waals surface area contributed by atoms with Gasteiger partial charge in [0.1, 0.15) is 0 Å². The van der Waals surface area contributed by atoms with E-state index in [-0.39, 0.29) is 12.1 Å². The summed E-state index contributed by atoms with van der Waals surface area (Å²) >= 11 is 8.31. The van der Waals surface area contributed by atoms with Gasteiger partial charge in [-0.2, -0.15) is 0 Å². The number of thiophene rings is 1. The number of benzene rings is 1. The zero-order chi connectivity index (χ0) is 14.8. The van der Waals surface area contributed by atoms with Gasteiger partial charge in [0.2, 0.25) is 0 Å². The van der Waals surface area contributed by atoms with Gasteiger partial charge >= 0.3 is 0 Å². The van der Waals surface area contributed by atoms with Crippen molar-refractivity contribution in [1.82, 2.24) is 4.90 Å². The van der Waals surface area contributed by atoms with Gasteiger partial charge in [-0.05, 0) is 41.5 Å². The second-order valence-corrected chi connectivity index (χ2v) is 7.04. The Labute approximate surface area is 135 Å². The lowest BCUT2D eigenvalue weighted by Crippen LogP contribution is -2.43. The normalized spacial score (nSPS) is 18.2. The first kappa shape index (κ1) is 15.0. The molecule has 0 radical (unpaired) electrons. The van der Waals surface area contributed by atoms with E-state index in [9.17, 15) is 0 Å². The highest BCUT2D eigenvalue weighted by Gasteiger charge is 2.30. The first-order valence-corrected chi connectivity index (χ1v) is 8.75. The molecule has 2 atom stereocenters. The number of rotatable bonds is 4. The van der Waals surface area contributed by atoms with Crippen LogP contribution in [0.25, 0.3) is 0 Å². The quantitative estimate of drug-likeness (QED) is 0.913. The number of halogens is 1. The number of hydrogen-bond acceptors (Lipinski definition) is 3. The van der Waals surface area contributed by atoms with Gasteiger partial charge in [-0.1, -0.05) is 36.7 Å². The number of nitrogens with two attached hydrogens (primary N) is 1. The van der Waals surface area contributed by atoms with Gasteiger partial charge in [0, 0.05) is 29.0 Å². The largest absolute Gasteiger partial charge is 0.326 e. The molecule has 0 amide bonds. The molecule has 1 aromatic carbocycles. The van der Waals surface area contributed by atoms with Gasteiger partial charge in [0.05, 0.1) is 6.04 Å². The second-order valence-electron chi connectivity index (χ2n) is 5.63. The van der Waals surface area contributed by atoms with Crippen LogP contribution in [0.1, 0.15) is 35.4 Å². The molecular weight excluding hydrogens is 300 g/mol.